The molecule has 1 fully saturated rings. The molecule has 0 radical (unpaired) electrons. The van der Waals surface area contributed by atoms with Crippen LogP contribution in [0.4, 0.5) is 5.69 Å². The summed E-state index contributed by atoms with van der Waals surface area (Å²) >= 11 is 3.35. The van der Waals surface area contributed by atoms with Gasteiger partial charge in [0.05, 0.1) is 6.04 Å². The van der Waals surface area contributed by atoms with Crippen LogP contribution in [-0.4, -0.2) is 18.5 Å². The Morgan fingerprint density at radius 2 is 2.27 bits per heavy atom. The van der Waals surface area contributed by atoms with Crippen molar-refractivity contribution in [3.63, 3.8) is 0 Å². The van der Waals surface area contributed by atoms with Crippen LogP contribution in [0.2, 0.25) is 0 Å². The number of halogens is 2. The summed E-state index contributed by atoms with van der Waals surface area (Å²) < 4.78 is 0.969. The molecule has 5 heteroatoms. The minimum absolute atomic E-state index is 0. The molecule has 82 valence electrons. The number of carbonyl (C=O) groups is 1. The molecular weight excluding hydrogens is 279 g/mol. The second kappa shape index (κ2) is 5.49. The molecule has 15 heavy (non-hydrogen) atoms. The van der Waals surface area contributed by atoms with Crippen molar-refractivity contribution in [1.29, 1.82) is 0 Å². The van der Waals surface area contributed by atoms with Crippen molar-refractivity contribution in [2.45, 2.75) is 12.5 Å². The van der Waals surface area contributed by atoms with Crippen molar-refractivity contribution < 1.29 is 4.79 Å². The summed E-state index contributed by atoms with van der Waals surface area (Å²) in [5.74, 6) is 0.0503. The van der Waals surface area contributed by atoms with E-state index < -0.39 is 0 Å². The van der Waals surface area contributed by atoms with E-state index in [0.29, 0.717) is 0 Å². The third-order valence-corrected chi connectivity index (χ3v) is 2.73. The SMILES string of the molecule is Cl.O=C(Nc1cccc(Br)c1)[C@H]1CCN1. The second-order valence-electron chi connectivity index (χ2n) is 3.29. The fraction of sp³-hybridized carbons (Fsp3) is 0.300. The standard InChI is InChI=1S/C10H11BrN2O.ClH/c11-7-2-1-3-8(6-7)13-10(14)9-4-5-12-9;/h1-3,6,9,12H,4-5H2,(H,13,14);1H/t9-;/m1./s1. The molecule has 2 N–H and O–H groups in total. The maximum atomic E-state index is 11.5. The zero-order chi connectivity index (χ0) is 9.97. The van der Waals surface area contributed by atoms with Gasteiger partial charge in [0.1, 0.15) is 0 Å². The van der Waals surface area contributed by atoms with Gasteiger partial charge < -0.3 is 10.6 Å². The van der Waals surface area contributed by atoms with E-state index in [1.165, 1.54) is 0 Å². The average molecular weight is 292 g/mol. The molecule has 1 atom stereocenters. The van der Waals surface area contributed by atoms with Crippen LogP contribution in [0.5, 0.6) is 0 Å². The number of rotatable bonds is 2. The van der Waals surface area contributed by atoms with Crippen molar-refractivity contribution in [3.05, 3.63) is 28.7 Å². The zero-order valence-corrected chi connectivity index (χ0v) is 10.4. The fourth-order valence-electron chi connectivity index (χ4n) is 1.31. The van der Waals surface area contributed by atoms with Gasteiger partial charge in [-0.2, -0.15) is 0 Å². The first-order valence-corrected chi connectivity index (χ1v) is 5.35. The van der Waals surface area contributed by atoms with Crippen LogP contribution in [-0.2, 0) is 4.79 Å². The van der Waals surface area contributed by atoms with Crippen molar-refractivity contribution >= 4 is 39.9 Å². The maximum Gasteiger partial charge on any atom is 0.241 e. The summed E-state index contributed by atoms with van der Waals surface area (Å²) in [5, 5.41) is 5.91. The zero-order valence-electron chi connectivity index (χ0n) is 8.00. The lowest BCUT2D eigenvalue weighted by Gasteiger charge is -2.26. The van der Waals surface area contributed by atoms with Crippen LogP contribution in [0, 0.1) is 0 Å². The summed E-state index contributed by atoms with van der Waals surface area (Å²) in [6, 6.07) is 7.58. The van der Waals surface area contributed by atoms with Crippen LogP contribution in [0.15, 0.2) is 28.7 Å². The van der Waals surface area contributed by atoms with Crippen LogP contribution in [0.3, 0.4) is 0 Å². The molecule has 1 aromatic carbocycles. The molecule has 1 heterocycles. The van der Waals surface area contributed by atoms with Gasteiger partial charge in [0.2, 0.25) is 5.91 Å². The molecule has 2 rings (SSSR count). The maximum absolute atomic E-state index is 11.5. The monoisotopic (exact) mass is 290 g/mol. The first-order chi connectivity index (χ1) is 6.75. The van der Waals surface area contributed by atoms with Crippen molar-refractivity contribution in [2.75, 3.05) is 11.9 Å². The summed E-state index contributed by atoms with van der Waals surface area (Å²) in [5.41, 5.74) is 0.832. The molecule has 0 saturated carbocycles. The van der Waals surface area contributed by atoms with E-state index in [2.05, 4.69) is 26.6 Å². The summed E-state index contributed by atoms with van der Waals surface area (Å²) in [6.07, 6.45) is 0.930. The highest BCUT2D eigenvalue weighted by atomic mass is 79.9. The van der Waals surface area contributed by atoms with Gasteiger partial charge in [0, 0.05) is 10.2 Å². The number of anilines is 1. The van der Waals surface area contributed by atoms with Gasteiger partial charge in [0.15, 0.2) is 0 Å². The average Bonchev–Trinajstić information content (AvgIpc) is 1.99. The van der Waals surface area contributed by atoms with Crippen LogP contribution < -0.4 is 10.6 Å². The third kappa shape index (κ3) is 3.19. The van der Waals surface area contributed by atoms with Gasteiger partial charge in [-0.05, 0) is 31.2 Å². The predicted molar refractivity (Wildman–Crippen MR) is 66.4 cm³/mol. The van der Waals surface area contributed by atoms with E-state index in [9.17, 15) is 4.79 Å². The van der Waals surface area contributed by atoms with E-state index in [-0.39, 0.29) is 24.4 Å². The largest absolute Gasteiger partial charge is 0.325 e. The summed E-state index contributed by atoms with van der Waals surface area (Å²) in [6.45, 7) is 0.941. The lowest BCUT2D eigenvalue weighted by Crippen LogP contribution is -2.50. The molecule has 1 aromatic rings. The van der Waals surface area contributed by atoms with E-state index in [1.807, 2.05) is 24.3 Å². The molecule has 1 amide bonds. The Morgan fingerprint density at radius 3 is 2.80 bits per heavy atom. The first-order valence-electron chi connectivity index (χ1n) is 4.55. The smallest absolute Gasteiger partial charge is 0.241 e. The molecular formula is C10H12BrClN2O. The Bertz CT molecular complexity index is 355. The van der Waals surface area contributed by atoms with Crippen molar-refractivity contribution in [1.82, 2.24) is 5.32 Å². The molecule has 1 aliphatic heterocycles. The summed E-state index contributed by atoms with van der Waals surface area (Å²) in [7, 11) is 0. The van der Waals surface area contributed by atoms with Crippen molar-refractivity contribution in [2.24, 2.45) is 0 Å². The second-order valence-corrected chi connectivity index (χ2v) is 4.21. The Hall–Kier alpha value is -0.580. The fourth-order valence-corrected chi connectivity index (χ4v) is 1.71. The van der Waals surface area contributed by atoms with Gasteiger partial charge in [0.25, 0.3) is 0 Å². The number of amides is 1. The molecule has 0 aromatic heterocycles. The molecule has 0 unspecified atom stereocenters. The Kier molecular flexibility index (Phi) is 4.57. The normalized spacial score (nSPS) is 18.6. The number of carbonyl (C=O) groups excluding carboxylic acids is 1. The first kappa shape index (κ1) is 12.5. The molecule has 0 bridgehead atoms. The van der Waals surface area contributed by atoms with Crippen LogP contribution in [0.1, 0.15) is 6.42 Å². The van der Waals surface area contributed by atoms with Crippen molar-refractivity contribution in [3.8, 4) is 0 Å². The quantitative estimate of drug-likeness (QED) is 0.877. The minimum Gasteiger partial charge on any atom is -0.325 e. The van der Waals surface area contributed by atoms with Gasteiger partial charge in [-0.25, -0.2) is 0 Å². The predicted octanol–water partition coefficient (Wildman–Crippen LogP) is 2.17. The molecule has 0 aliphatic carbocycles. The molecule has 0 spiro atoms. The van der Waals surface area contributed by atoms with Gasteiger partial charge in [-0.3, -0.25) is 4.79 Å². The Balaban J connectivity index is 0.00000112. The number of hydrogen-bond acceptors (Lipinski definition) is 2. The number of nitrogens with one attached hydrogen (secondary N) is 2. The summed E-state index contributed by atoms with van der Waals surface area (Å²) in [4.78, 5) is 11.5. The van der Waals surface area contributed by atoms with Crippen LogP contribution >= 0.6 is 28.3 Å². The van der Waals surface area contributed by atoms with E-state index in [0.717, 1.165) is 23.1 Å². The highest BCUT2D eigenvalue weighted by Crippen LogP contribution is 2.16. The number of benzene rings is 1. The Morgan fingerprint density at radius 1 is 1.53 bits per heavy atom. The van der Waals surface area contributed by atoms with Gasteiger partial charge in [-0.1, -0.05) is 22.0 Å². The van der Waals surface area contributed by atoms with Gasteiger partial charge >= 0.3 is 0 Å². The van der Waals surface area contributed by atoms with E-state index >= 15 is 0 Å². The lowest BCUT2D eigenvalue weighted by molar-refractivity contribution is -0.119. The van der Waals surface area contributed by atoms with E-state index in [1.54, 1.807) is 0 Å². The molecule has 1 saturated heterocycles. The number of hydrogen-bond donors (Lipinski definition) is 2. The topological polar surface area (TPSA) is 41.1 Å². The molecule has 1 aliphatic rings. The van der Waals surface area contributed by atoms with E-state index in [4.69, 9.17) is 0 Å². The molecule has 3 nitrogen and oxygen atoms in total. The highest BCUT2D eigenvalue weighted by molar-refractivity contribution is 9.10. The van der Waals surface area contributed by atoms with Gasteiger partial charge in [-0.15, -0.1) is 12.4 Å². The Labute approximate surface area is 103 Å². The van der Waals surface area contributed by atoms with Crippen LogP contribution in [0.25, 0.3) is 0 Å². The minimum atomic E-state index is -0.00557. The lowest BCUT2D eigenvalue weighted by atomic mass is 10.1. The highest BCUT2D eigenvalue weighted by Gasteiger charge is 2.24. The third-order valence-electron chi connectivity index (χ3n) is 2.23.